The summed E-state index contributed by atoms with van der Waals surface area (Å²) in [7, 11) is 0.0957. The van der Waals surface area contributed by atoms with Gasteiger partial charge in [-0.15, -0.1) is 0 Å². The first-order valence-electron chi connectivity index (χ1n) is 4.00. The maximum absolute atomic E-state index is 2.61. The van der Waals surface area contributed by atoms with Crippen LogP contribution >= 0.6 is 8.37 Å². The third-order valence-electron chi connectivity index (χ3n) is 2.03. The van der Waals surface area contributed by atoms with Gasteiger partial charge in [0.25, 0.3) is 0 Å². The van der Waals surface area contributed by atoms with Gasteiger partial charge in [-0.05, 0) is 0 Å². The van der Waals surface area contributed by atoms with E-state index in [0.29, 0.717) is 0 Å². The van der Waals surface area contributed by atoms with Crippen molar-refractivity contribution in [3.63, 3.8) is 0 Å². The quantitative estimate of drug-likeness (QED) is 0.426. The van der Waals surface area contributed by atoms with Crippen molar-refractivity contribution in [3.8, 4) is 0 Å². The molecule has 0 atom stereocenters. The molecule has 3 heterocycles. The van der Waals surface area contributed by atoms with Crippen molar-refractivity contribution in [2.75, 3.05) is 39.3 Å². The fourth-order valence-electron chi connectivity index (χ4n) is 1.21. The first-order valence-corrected chi connectivity index (χ1v) is 5.20. The number of hydrogen-bond acceptors (Lipinski definition) is 3. The summed E-state index contributed by atoms with van der Waals surface area (Å²) >= 11 is 0. The first kappa shape index (κ1) is 5.90. The van der Waals surface area contributed by atoms with Gasteiger partial charge < -0.3 is 0 Å². The van der Waals surface area contributed by atoms with E-state index in [1.165, 1.54) is 39.3 Å². The standard InChI is InChI=1S/C6H12N3P/c1-2-7(1)10(8-3-4-8)9-5-6-9/h1-6H2. The molecule has 3 saturated heterocycles. The second-order valence-electron chi connectivity index (χ2n) is 3.13. The highest BCUT2D eigenvalue weighted by Crippen LogP contribution is 2.57. The molecule has 3 aliphatic heterocycles. The first-order chi connectivity index (χ1) is 4.95. The zero-order chi connectivity index (χ0) is 6.55. The molecule has 4 heteroatoms. The van der Waals surface area contributed by atoms with Crippen LogP contribution in [0, 0.1) is 0 Å². The van der Waals surface area contributed by atoms with Crippen molar-refractivity contribution in [2.45, 2.75) is 0 Å². The molecule has 0 N–H and O–H groups in total. The van der Waals surface area contributed by atoms with Crippen molar-refractivity contribution in [2.24, 2.45) is 0 Å². The zero-order valence-electron chi connectivity index (χ0n) is 6.03. The molecule has 10 heavy (non-hydrogen) atoms. The van der Waals surface area contributed by atoms with Gasteiger partial charge in [0.1, 0.15) is 8.37 Å². The molecular formula is C6H12N3P. The molecule has 3 aliphatic rings. The summed E-state index contributed by atoms with van der Waals surface area (Å²) in [5, 5.41) is 0. The van der Waals surface area contributed by atoms with E-state index in [4.69, 9.17) is 0 Å². The highest BCUT2D eigenvalue weighted by Gasteiger charge is 2.45. The fraction of sp³-hybridized carbons (Fsp3) is 1.00. The Kier molecular flexibility index (Phi) is 1.13. The van der Waals surface area contributed by atoms with Gasteiger partial charge in [-0.2, -0.15) is 0 Å². The van der Waals surface area contributed by atoms with Crippen LogP contribution in [0.1, 0.15) is 0 Å². The number of nitrogens with zero attached hydrogens (tertiary/aromatic N) is 3. The van der Waals surface area contributed by atoms with E-state index in [2.05, 4.69) is 14.0 Å². The maximum Gasteiger partial charge on any atom is 0.120 e. The molecule has 0 saturated carbocycles. The SMILES string of the molecule is C1CN1P(N1CC1)N1CC1. The smallest absolute Gasteiger partial charge is 0.120 e. The number of rotatable bonds is 3. The van der Waals surface area contributed by atoms with Crippen LogP contribution in [0.25, 0.3) is 0 Å². The summed E-state index contributed by atoms with van der Waals surface area (Å²) in [5.74, 6) is 0. The van der Waals surface area contributed by atoms with Crippen molar-refractivity contribution in [3.05, 3.63) is 0 Å². The monoisotopic (exact) mass is 157 g/mol. The van der Waals surface area contributed by atoms with Crippen LogP contribution in [0.5, 0.6) is 0 Å². The molecule has 0 amide bonds. The minimum Gasteiger partial charge on any atom is -0.255 e. The molecular weight excluding hydrogens is 145 g/mol. The van der Waals surface area contributed by atoms with Gasteiger partial charge >= 0.3 is 0 Å². The van der Waals surface area contributed by atoms with Crippen molar-refractivity contribution in [1.29, 1.82) is 0 Å². The zero-order valence-corrected chi connectivity index (χ0v) is 6.93. The topological polar surface area (TPSA) is 9.03 Å². The highest BCUT2D eigenvalue weighted by atomic mass is 31.2. The second-order valence-corrected chi connectivity index (χ2v) is 5.36. The predicted molar refractivity (Wildman–Crippen MR) is 41.6 cm³/mol. The number of hydrogen-bond donors (Lipinski definition) is 0. The molecule has 0 unspecified atom stereocenters. The fourth-order valence-corrected chi connectivity index (χ4v) is 3.62. The lowest BCUT2D eigenvalue weighted by Crippen LogP contribution is -2.05. The van der Waals surface area contributed by atoms with Gasteiger partial charge in [0.2, 0.25) is 0 Å². The summed E-state index contributed by atoms with van der Waals surface area (Å²) in [6, 6.07) is 0. The van der Waals surface area contributed by atoms with E-state index in [1.807, 2.05) is 0 Å². The predicted octanol–water partition coefficient (Wildman–Crippen LogP) is 0.160. The van der Waals surface area contributed by atoms with Crippen LogP contribution in [0.2, 0.25) is 0 Å². The second kappa shape index (κ2) is 1.92. The Balaban J connectivity index is 1.69. The molecule has 0 aromatic heterocycles. The van der Waals surface area contributed by atoms with Gasteiger partial charge in [0, 0.05) is 39.3 Å². The van der Waals surface area contributed by atoms with Gasteiger partial charge in [0.05, 0.1) is 0 Å². The van der Waals surface area contributed by atoms with E-state index in [0.717, 1.165) is 0 Å². The summed E-state index contributed by atoms with van der Waals surface area (Å²) in [4.78, 5) is 0. The van der Waals surface area contributed by atoms with Crippen molar-refractivity contribution < 1.29 is 0 Å². The summed E-state index contributed by atoms with van der Waals surface area (Å²) in [6.45, 7) is 8.16. The average molecular weight is 157 g/mol. The van der Waals surface area contributed by atoms with Gasteiger partial charge in [-0.1, -0.05) is 0 Å². The molecule has 0 aromatic carbocycles. The van der Waals surface area contributed by atoms with E-state index in [9.17, 15) is 0 Å². The Morgan fingerprint density at radius 2 is 0.900 bits per heavy atom. The van der Waals surface area contributed by atoms with Crippen LogP contribution in [0.15, 0.2) is 0 Å². The minimum absolute atomic E-state index is 0.0957. The largest absolute Gasteiger partial charge is 0.255 e. The minimum atomic E-state index is 0.0957. The van der Waals surface area contributed by atoms with Gasteiger partial charge in [-0.3, -0.25) is 14.0 Å². The van der Waals surface area contributed by atoms with Crippen molar-refractivity contribution in [1.82, 2.24) is 14.0 Å². The Morgan fingerprint density at radius 1 is 0.600 bits per heavy atom. The molecule has 0 aliphatic carbocycles. The maximum atomic E-state index is 2.61. The van der Waals surface area contributed by atoms with Crippen LogP contribution in [0.4, 0.5) is 0 Å². The Bertz CT molecular complexity index is 123. The van der Waals surface area contributed by atoms with E-state index < -0.39 is 0 Å². The lowest BCUT2D eigenvalue weighted by atomic mass is 11.0. The van der Waals surface area contributed by atoms with E-state index in [-0.39, 0.29) is 8.37 Å². The Labute approximate surface area is 62.5 Å². The molecule has 0 bridgehead atoms. The molecule has 3 fully saturated rings. The molecule has 0 radical (unpaired) electrons. The normalized spacial score (nSPS) is 33.3. The average Bonchev–Trinajstić information content (AvgIpc) is 2.78. The lowest BCUT2D eigenvalue weighted by Gasteiger charge is -2.18. The lowest BCUT2D eigenvalue weighted by molar-refractivity contribution is 0.702. The van der Waals surface area contributed by atoms with Crippen LogP contribution in [-0.2, 0) is 0 Å². The molecule has 3 rings (SSSR count). The van der Waals surface area contributed by atoms with Crippen LogP contribution < -0.4 is 0 Å². The molecule has 3 nitrogen and oxygen atoms in total. The van der Waals surface area contributed by atoms with Crippen LogP contribution in [-0.4, -0.2) is 53.3 Å². The van der Waals surface area contributed by atoms with Crippen LogP contribution in [0.3, 0.4) is 0 Å². The summed E-state index contributed by atoms with van der Waals surface area (Å²) in [5.41, 5.74) is 0. The third-order valence-corrected chi connectivity index (χ3v) is 4.75. The van der Waals surface area contributed by atoms with E-state index in [1.54, 1.807) is 0 Å². The molecule has 56 valence electrons. The van der Waals surface area contributed by atoms with Gasteiger partial charge in [-0.25, -0.2) is 0 Å². The van der Waals surface area contributed by atoms with E-state index >= 15 is 0 Å². The van der Waals surface area contributed by atoms with Crippen molar-refractivity contribution >= 4 is 8.37 Å². The van der Waals surface area contributed by atoms with Gasteiger partial charge in [0.15, 0.2) is 0 Å². The highest BCUT2D eigenvalue weighted by molar-refractivity contribution is 7.51. The summed E-state index contributed by atoms with van der Waals surface area (Å²) < 4.78 is 7.82. The molecule has 0 aromatic rings. The molecule has 0 spiro atoms. The Morgan fingerprint density at radius 3 is 1.10 bits per heavy atom. The third kappa shape index (κ3) is 0.978. The Hall–Kier alpha value is 0.310. The summed E-state index contributed by atoms with van der Waals surface area (Å²) in [6.07, 6.45) is 0.